The lowest BCUT2D eigenvalue weighted by atomic mass is 10.0. The third-order valence-electron chi connectivity index (χ3n) is 28.3. The molecule has 28 rings (SSSR count). The van der Waals surface area contributed by atoms with Gasteiger partial charge in [-0.25, -0.2) is 9.69 Å². The summed E-state index contributed by atoms with van der Waals surface area (Å²) in [5.41, 5.74) is 22.5. The highest BCUT2D eigenvalue weighted by Crippen LogP contribution is 2.59. The topological polar surface area (TPSA) is 168 Å². The van der Waals surface area contributed by atoms with Crippen LogP contribution in [-0.2, 0) is 18.3 Å². The van der Waals surface area contributed by atoms with E-state index in [1.54, 1.807) is 6.07 Å². The number of rotatable bonds is 8. The minimum Gasteiger partial charge on any atom is -0.310 e. The number of benzene rings is 20. The third kappa shape index (κ3) is 13.0. The summed E-state index contributed by atoms with van der Waals surface area (Å²) in [7, 11) is -12.1. The first-order valence-corrected chi connectivity index (χ1v) is 53.3. The van der Waals surface area contributed by atoms with Gasteiger partial charge in [0.25, 0.3) is 0 Å². The number of aromatic nitrogens is 4. The molecular formula is C125H75N9O4P4. The number of hydrogen-bond donors (Lipinski definition) is 0. The summed E-state index contributed by atoms with van der Waals surface area (Å²) in [4.78, 5) is 7.14. The lowest BCUT2D eigenvalue weighted by molar-refractivity contribution is 0.592. The molecule has 0 amide bonds. The van der Waals surface area contributed by atoms with Gasteiger partial charge in [0.15, 0.2) is 39.9 Å². The van der Waals surface area contributed by atoms with Gasteiger partial charge in [-0.05, 0) is 178 Å². The second-order valence-electron chi connectivity index (χ2n) is 35.7. The third-order valence-corrected chi connectivity index (χ3v) is 40.9. The van der Waals surface area contributed by atoms with Crippen LogP contribution in [0.2, 0.25) is 0 Å². The molecule has 0 radical (unpaired) electrons. The SMILES string of the molecule is N#Cc1cccc(-n2c3ccccc3c3cc4c(cc32)-c2ccccc2P4(=O)c2ccccc2)c1.N#Cc1ccccc1-n1c2ccccc2c2cc3c(cc21)-c1ccccc1P3(=O)c1ccccc1.[C-]#[N+]c1cc(C#N)cc(-n2c3ccccc3c3cc4c(cc32)-c2ccccc2P4(=O)c2ccccc2)c1.[C-]#[N+]c1ccc(-n2c3ccccc3c3cc4c(cc32)-c2ccccc2P4(=O)c2ccccc2)cc1. The molecule has 20 aromatic carbocycles. The van der Waals surface area contributed by atoms with Crippen molar-refractivity contribution >= 4 is 191 Å². The highest BCUT2D eigenvalue weighted by molar-refractivity contribution is 7.88. The van der Waals surface area contributed by atoms with E-state index in [0.29, 0.717) is 28.1 Å². The predicted molar refractivity (Wildman–Crippen MR) is 583 cm³/mol. The van der Waals surface area contributed by atoms with E-state index in [1.165, 1.54) is 0 Å². The highest BCUT2D eigenvalue weighted by Gasteiger charge is 2.46. The zero-order valence-corrected chi connectivity index (χ0v) is 79.3. The van der Waals surface area contributed by atoms with E-state index in [0.717, 1.165) is 218 Å². The standard InChI is InChI=1S/C32H18N3OP.3C31H19N2OP/c1-34-22-15-21(20-33)16-23(17-22)35-29-13-7-5-11-25(29)27-19-32-28(18-30(27)35)26-12-6-8-14-31(26)37(32,36)24-9-3-2-4-10-24;1-32-21-15-17-22(18-16-21)33-28-13-7-5-11-24(28)26-20-31-27(19-29(26)33)25-12-6-8-14-30(25)35(31,34)23-9-3-2-4-10-23;32-20-21-10-4-7-15-27(21)33-28-16-8-5-13-23(28)25-19-31-26(18-29(25)33)24-14-6-9-17-30(24)35(31,34)22-11-2-1-3-12-22;32-20-21-9-8-10-22(17-21)33-28-15-6-4-13-24(28)26-19-31-27(18-29(26)33)25-14-5-7-16-30(25)35(31,34)23-11-2-1-3-12-23/h2-19H;2-20H;2*1-19H. The second-order valence-corrected chi connectivity index (χ2v) is 46.5. The number of nitriles is 3. The molecule has 0 bridgehead atoms. The largest absolute Gasteiger partial charge is 0.310 e. The van der Waals surface area contributed by atoms with Gasteiger partial charge in [0.1, 0.15) is 6.07 Å². The van der Waals surface area contributed by atoms with Crippen LogP contribution in [0.3, 0.4) is 0 Å². The fraction of sp³-hybridized carbons (Fsp3) is 0. The summed E-state index contributed by atoms with van der Waals surface area (Å²) in [6, 6.07) is 157. The van der Waals surface area contributed by atoms with Crippen LogP contribution in [0.15, 0.2) is 455 Å². The monoisotopic (exact) mass is 1890 g/mol. The van der Waals surface area contributed by atoms with E-state index in [-0.39, 0.29) is 0 Å². The van der Waals surface area contributed by atoms with Crippen LogP contribution in [0.25, 0.3) is 164 Å². The number of hydrogen-bond acceptors (Lipinski definition) is 7. The van der Waals surface area contributed by atoms with Crippen LogP contribution in [0.4, 0.5) is 11.4 Å². The Morgan fingerprint density at radius 3 is 0.866 bits per heavy atom. The van der Waals surface area contributed by atoms with Crippen molar-refractivity contribution in [3.8, 4) is 85.5 Å². The normalized spacial score (nSPS) is 16.1. The molecule has 4 aliphatic heterocycles. The molecular weight excluding hydrogens is 1820 g/mol. The molecule has 17 heteroatoms. The van der Waals surface area contributed by atoms with Gasteiger partial charge in [0, 0.05) is 129 Å². The zero-order chi connectivity index (χ0) is 95.9. The Morgan fingerprint density at radius 1 is 0.204 bits per heavy atom. The minimum absolute atomic E-state index is 0.417. The van der Waals surface area contributed by atoms with Crippen molar-refractivity contribution in [3.63, 3.8) is 0 Å². The molecule has 0 aliphatic carbocycles. The molecule has 4 atom stereocenters. The second kappa shape index (κ2) is 33.7. The van der Waals surface area contributed by atoms with E-state index in [1.807, 2.05) is 340 Å². The number of fused-ring (bicyclic) bond motifs is 24. The van der Waals surface area contributed by atoms with Crippen molar-refractivity contribution in [1.82, 2.24) is 18.3 Å². The lowest BCUT2D eigenvalue weighted by Gasteiger charge is -2.16. The van der Waals surface area contributed by atoms with E-state index < -0.39 is 28.6 Å². The van der Waals surface area contributed by atoms with Gasteiger partial charge >= 0.3 is 0 Å². The molecule has 664 valence electrons. The van der Waals surface area contributed by atoms with E-state index in [4.69, 9.17) is 13.1 Å². The van der Waals surface area contributed by atoms with Crippen LogP contribution in [0, 0.1) is 47.1 Å². The Hall–Kier alpha value is -18.0. The fourth-order valence-electron chi connectivity index (χ4n) is 22.1. The summed E-state index contributed by atoms with van der Waals surface area (Å²) >= 11 is 0. The number of nitrogens with zero attached hydrogens (tertiary/aromatic N) is 9. The molecule has 8 heterocycles. The summed E-state index contributed by atoms with van der Waals surface area (Å²) in [6.07, 6.45) is 0. The van der Waals surface area contributed by atoms with Gasteiger partial charge in [-0.1, -0.05) is 322 Å². The Bertz CT molecular complexity index is 9950. The Labute approximate surface area is 817 Å². The van der Waals surface area contributed by atoms with Gasteiger partial charge in [-0.3, -0.25) is 0 Å². The zero-order valence-electron chi connectivity index (χ0n) is 75.7. The quantitative estimate of drug-likeness (QED) is 0.108. The molecule has 0 fully saturated rings. The minimum atomic E-state index is -3.06. The van der Waals surface area contributed by atoms with Crippen molar-refractivity contribution in [1.29, 1.82) is 15.8 Å². The summed E-state index contributed by atoms with van der Waals surface area (Å²) in [6.45, 7) is 14.8. The van der Waals surface area contributed by atoms with Crippen molar-refractivity contribution < 1.29 is 18.3 Å². The highest BCUT2D eigenvalue weighted by atomic mass is 31.2. The maximum Gasteiger partial charge on any atom is 0.190 e. The van der Waals surface area contributed by atoms with Crippen LogP contribution in [-0.4, -0.2) is 18.3 Å². The van der Waals surface area contributed by atoms with Gasteiger partial charge in [-0.2, -0.15) is 15.8 Å². The Morgan fingerprint density at radius 2 is 0.507 bits per heavy atom. The predicted octanol–water partition coefficient (Wildman–Crippen LogP) is 26.3. The van der Waals surface area contributed by atoms with Gasteiger partial charge in [0.05, 0.1) is 86.2 Å². The molecule has 13 nitrogen and oxygen atoms in total. The molecule has 0 N–H and O–H groups in total. The number of para-hydroxylation sites is 5. The molecule has 4 unspecified atom stereocenters. The maximum atomic E-state index is 15.0. The van der Waals surface area contributed by atoms with Crippen LogP contribution in [0.1, 0.15) is 16.7 Å². The first-order valence-electron chi connectivity index (χ1n) is 46.5. The van der Waals surface area contributed by atoms with Crippen molar-refractivity contribution in [2.75, 3.05) is 0 Å². The van der Waals surface area contributed by atoms with E-state index in [2.05, 4.69) is 155 Å². The van der Waals surface area contributed by atoms with Crippen molar-refractivity contribution in [2.45, 2.75) is 0 Å². The molecule has 142 heavy (non-hydrogen) atoms. The van der Waals surface area contributed by atoms with Gasteiger partial charge < -0.3 is 36.5 Å². The summed E-state index contributed by atoms with van der Waals surface area (Å²) in [5, 5.41) is 47.9. The Balaban J connectivity index is 0.0000000995. The smallest absolute Gasteiger partial charge is 0.190 e. The first-order chi connectivity index (χ1) is 69.7. The fourth-order valence-corrected chi connectivity index (χ4v) is 34.4. The average Bonchev–Trinajstić information content (AvgIpc) is 1.55. The molecule has 24 aromatic rings. The molecule has 4 aromatic heterocycles. The van der Waals surface area contributed by atoms with Crippen LogP contribution < -0.4 is 63.7 Å². The molecule has 0 saturated carbocycles. The molecule has 4 aliphatic rings. The van der Waals surface area contributed by atoms with Crippen molar-refractivity contribution in [2.24, 2.45) is 0 Å². The lowest BCUT2D eigenvalue weighted by Crippen LogP contribution is -2.20. The van der Waals surface area contributed by atoms with Crippen molar-refractivity contribution in [3.05, 3.63) is 495 Å². The average molecular weight is 1890 g/mol. The molecule has 0 spiro atoms. The summed E-state index contributed by atoms with van der Waals surface area (Å²) < 4.78 is 68.6. The molecule has 0 saturated heterocycles. The first kappa shape index (κ1) is 85.6. The van der Waals surface area contributed by atoms with Gasteiger partial charge in [-0.15, -0.1) is 0 Å². The van der Waals surface area contributed by atoms with E-state index in [9.17, 15) is 29.5 Å². The van der Waals surface area contributed by atoms with Gasteiger partial charge in [0.2, 0.25) is 0 Å². The van der Waals surface area contributed by atoms with Crippen LogP contribution in [0.5, 0.6) is 0 Å². The van der Waals surface area contributed by atoms with E-state index >= 15 is 4.57 Å². The summed E-state index contributed by atoms with van der Waals surface area (Å²) in [5.74, 6) is 0. The Kier molecular flexibility index (Phi) is 20.3. The maximum absolute atomic E-state index is 15.0. The van der Waals surface area contributed by atoms with Crippen LogP contribution >= 0.6 is 28.6 Å².